The normalized spacial score (nSPS) is 13.2. The van der Waals surface area contributed by atoms with E-state index in [1.165, 1.54) is 30.3 Å². The van der Waals surface area contributed by atoms with E-state index in [4.69, 9.17) is 20.9 Å². The number of hydrogen-bond acceptors (Lipinski definition) is 6. The lowest BCUT2D eigenvalue weighted by atomic mass is 10.1. The lowest BCUT2D eigenvalue weighted by molar-refractivity contribution is -0.0603. The van der Waals surface area contributed by atoms with Crippen LogP contribution in [0.3, 0.4) is 0 Å². The molecule has 2 aromatic carbocycles. The highest BCUT2D eigenvalue weighted by molar-refractivity contribution is 6.31. The summed E-state index contributed by atoms with van der Waals surface area (Å²) < 4.78 is 5.33. The zero-order valence-corrected chi connectivity index (χ0v) is 13.6. The number of nitrogens with zero attached hydrogens (tertiary/aromatic N) is 1. The Kier molecular flexibility index (Phi) is 3.59. The quantitative estimate of drug-likeness (QED) is 0.645. The molecule has 0 radical (unpaired) electrons. The molecule has 1 aliphatic rings. The van der Waals surface area contributed by atoms with Gasteiger partial charge in [-0.25, -0.2) is 4.79 Å². The number of hydrogen-bond donors (Lipinski definition) is 0. The molecular weight excluding hydrogens is 362 g/mol. The summed E-state index contributed by atoms with van der Waals surface area (Å²) in [5, 5.41) is 0.882. The van der Waals surface area contributed by atoms with E-state index in [-0.39, 0.29) is 22.1 Å². The molecule has 0 saturated carbocycles. The molecule has 1 aromatic heterocycles. The Hall–Kier alpha value is -3.45. The van der Waals surface area contributed by atoms with Gasteiger partial charge in [0.05, 0.1) is 16.5 Å². The summed E-state index contributed by atoms with van der Waals surface area (Å²) in [6.07, 6.45) is 0. The number of halogens is 1. The molecule has 1 aliphatic heterocycles. The highest BCUT2D eigenvalue weighted by Gasteiger charge is 2.39. The van der Waals surface area contributed by atoms with Gasteiger partial charge in [-0.15, -0.1) is 0 Å². The van der Waals surface area contributed by atoms with Crippen LogP contribution in [0.1, 0.15) is 31.3 Å². The van der Waals surface area contributed by atoms with Crippen molar-refractivity contribution in [3.63, 3.8) is 0 Å². The maximum absolute atomic E-state index is 12.3. The monoisotopic (exact) mass is 369 g/mol. The molecule has 4 rings (SSSR count). The van der Waals surface area contributed by atoms with Crippen LogP contribution in [0.4, 0.5) is 0 Å². The van der Waals surface area contributed by atoms with Crippen molar-refractivity contribution in [2.75, 3.05) is 0 Å². The van der Waals surface area contributed by atoms with Crippen LogP contribution >= 0.6 is 11.6 Å². The molecule has 0 unspecified atom stereocenters. The zero-order valence-electron chi connectivity index (χ0n) is 12.9. The topological polar surface area (TPSA) is 93.9 Å². The van der Waals surface area contributed by atoms with Crippen molar-refractivity contribution in [1.82, 2.24) is 5.06 Å². The highest BCUT2D eigenvalue weighted by Crippen LogP contribution is 2.24. The number of imide groups is 1. The molecule has 0 N–H and O–H groups in total. The largest absolute Gasteiger partial charge is 0.449 e. The minimum atomic E-state index is -1.15. The summed E-state index contributed by atoms with van der Waals surface area (Å²) >= 11 is 5.85. The first-order valence-corrected chi connectivity index (χ1v) is 7.77. The van der Waals surface area contributed by atoms with Gasteiger partial charge in [0.15, 0.2) is 5.43 Å². The molecule has 26 heavy (non-hydrogen) atoms. The Morgan fingerprint density at radius 1 is 0.962 bits per heavy atom. The zero-order chi connectivity index (χ0) is 18.4. The first-order valence-electron chi connectivity index (χ1n) is 7.39. The van der Waals surface area contributed by atoms with E-state index < -0.39 is 29.0 Å². The Balaban J connectivity index is 1.68. The summed E-state index contributed by atoms with van der Waals surface area (Å²) in [5.74, 6) is -3.16. The lowest BCUT2D eigenvalue weighted by Gasteiger charge is -2.12. The Bertz CT molecular complexity index is 1130. The summed E-state index contributed by atoms with van der Waals surface area (Å²) in [4.78, 5) is 53.7. The van der Waals surface area contributed by atoms with Crippen molar-refractivity contribution in [2.45, 2.75) is 0 Å². The van der Waals surface area contributed by atoms with Gasteiger partial charge in [-0.3, -0.25) is 14.4 Å². The Morgan fingerprint density at radius 2 is 1.62 bits per heavy atom. The second-order valence-electron chi connectivity index (χ2n) is 5.44. The second-order valence-corrected chi connectivity index (χ2v) is 5.88. The van der Waals surface area contributed by atoms with Gasteiger partial charge in [0.2, 0.25) is 5.76 Å². The summed E-state index contributed by atoms with van der Waals surface area (Å²) in [7, 11) is 0. The minimum Gasteiger partial charge on any atom is -0.449 e. The first kappa shape index (κ1) is 16.0. The van der Waals surface area contributed by atoms with Crippen LogP contribution in [0.2, 0.25) is 5.02 Å². The van der Waals surface area contributed by atoms with Crippen LogP contribution in [-0.2, 0) is 4.84 Å². The average Bonchev–Trinajstić information content (AvgIpc) is 2.86. The van der Waals surface area contributed by atoms with E-state index in [1.807, 2.05) is 0 Å². The van der Waals surface area contributed by atoms with Gasteiger partial charge in [0, 0.05) is 17.2 Å². The van der Waals surface area contributed by atoms with Gasteiger partial charge >= 0.3 is 5.97 Å². The third-order valence-corrected chi connectivity index (χ3v) is 4.06. The fourth-order valence-electron chi connectivity index (χ4n) is 2.61. The molecule has 3 aromatic rings. The van der Waals surface area contributed by atoms with E-state index in [1.54, 1.807) is 12.1 Å². The number of hydroxylamine groups is 2. The van der Waals surface area contributed by atoms with E-state index in [0.717, 1.165) is 6.07 Å². The number of carbonyl (C=O) groups excluding carboxylic acids is 3. The fraction of sp³-hybridized carbons (Fsp3) is 0. The number of rotatable bonds is 2. The summed E-state index contributed by atoms with van der Waals surface area (Å²) in [6, 6.07) is 11.3. The fourth-order valence-corrected chi connectivity index (χ4v) is 2.77. The van der Waals surface area contributed by atoms with E-state index in [0.29, 0.717) is 10.1 Å². The standard InChI is InChI=1S/C18H8ClNO6/c19-9-5-6-12-13(21)8-15(25-14(12)7-9)18(24)26-20-16(22)10-3-1-2-4-11(10)17(20)23/h1-8H. The SMILES string of the molecule is O=C(ON1C(=O)c2ccccc2C1=O)c1cc(=O)c2ccc(Cl)cc2o1. The van der Waals surface area contributed by atoms with Gasteiger partial charge in [0.1, 0.15) is 5.58 Å². The molecule has 0 saturated heterocycles. The molecule has 0 spiro atoms. The van der Waals surface area contributed by atoms with Gasteiger partial charge in [0.25, 0.3) is 11.8 Å². The number of benzene rings is 2. The maximum Gasteiger partial charge on any atom is 0.399 e. The number of fused-ring (bicyclic) bond motifs is 2. The van der Waals surface area contributed by atoms with E-state index >= 15 is 0 Å². The highest BCUT2D eigenvalue weighted by atomic mass is 35.5. The molecule has 0 atom stereocenters. The third-order valence-electron chi connectivity index (χ3n) is 3.82. The van der Waals surface area contributed by atoms with Crippen molar-refractivity contribution in [2.24, 2.45) is 0 Å². The van der Waals surface area contributed by atoms with Crippen LogP contribution < -0.4 is 5.43 Å². The summed E-state index contributed by atoms with van der Waals surface area (Å²) in [6.45, 7) is 0. The van der Waals surface area contributed by atoms with Crippen LogP contribution in [0.25, 0.3) is 11.0 Å². The average molecular weight is 370 g/mol. The predicted octanol–water partition coefficient (Wildman–Crippen LogP) is 2.81. The molecule has 0 bridgehead atoms. The summed E-state index contributed by atoms with van der Waals surface area (Å²) in [5.41, 5.74) is -0.161. The number of amides is 2. The molecule has 7 nitrogen and oxygen atoms in total. The molecule has 128 valence electrons. The molecule has 8 heteroatoms. The van der Waals surface area contributed by atoms with Crippen LogP contribution in [0, 0.1) is 0 Å². The van der Waals surface area contributed by atoms with Gasteiger partial charge in [-0.1, -0.05) is 28.8 Å². The molecule has 2 heterocycles. The molecule has 0 aliphatic carbocycles. The minimum absolute atomic E-state index is 0.0827. The van der Waals surface area contributed by atoms with Crippen LogP contribution in [-0.4, -0.2) is 22.8 Å². The van der Waals surface area contributed by atoms with Crippen molar-refractivity contribution < 1.29 is 23.6 Å². The van der Waals surface area contributed by atoms with Gasteiger partial charge in [-0.2, -0.15) is 0 Å². The first-order chi connectivity index (χ1) is 12.5. The lowest BCUT2D eigenvalue weighted by Crippen LogP contribution is -2.32. The van der Waals surface area contributed by atoms with Crippen molar-refractivity contribution in [3.05, 3.63) is 80.7 Å². The van der Waals surface area contributed by atoms with E-state index in [9.17, 15) is 19.2 Å². The van der Waals surface area contributed by atoms with Crippen molar-refractivity contribution in [3.8, 4) is 0 Å². The van der Waals surface area contributed by atoms with Crippen molar-refractivity contribution >= 4 is 40.4 Å². The van der Waals surface area contributed by atoms with Gasteiger partial charge in [-0.05, 0) is 24.3 Å². The second kappa shape index (κ2) is 5.82. The van der Waals surface area contributed by atoms with Crippen molar-refractivity contribution in [1.29, 1.82) is 0 Å². The predicted molar refractivity (Wildman–Crippen MR) is 89.9 cm³/mol. The molecular formula is C18H8ClNO6. The Morgan fingerprint density at radius 3 is 2.27 bits per heavy atom. The van der Waals surface area contributed by atoms with Gasteiger partial charge < -0.3 is 9.25 Å². The maximum atomic E-state index is 12.3. The molecule has 2 amide bonds. The molecule has 0 fully saturated rings. The Labute approximate surface area is 150 Å². The van der Waals surface area contributed by atoms with E-state index in [2.05, 4.69) is 0 Å². The smallest absolute Gasteiger partial charge is 0.399 e. The van der Waals surface area contributed by atoms with Crippen LogP contribution in [0.15, 0.2) is 57.7 Å². The van der Waals surface area contributed by atoms with Crippen LogP contribution in [0.5, 0.6) is 0 Å². The number of carbonyl (C=O) groups is 3. The third kappa shape index (κ3) is 2.46.